The van der Waals surface area contributed by atoms with Crippen LogP contribution in [0.25, 0.3) is 33.0 Å². The van der Waals surface area contributed by atoms with E-state index < -0.39 is 0 Å². The summed E-state index contributed by atoms with van der Waals surface area (Å²) in [6, 6.07) is 33.3. The monoisotopic (exact) mass is 389 g/mol. The molecule has 1 N–H and O–H groups in total. The van der Waals surface area contributed by atoms with Crippen molar-refractivity contribution in [1.82, 2.24) is 0 Å². The third-order valence-corrected chi connectivity index (χ3v) is 6.10. The van der Waals surface area contributed by atoms with Gasteiger partial charge in [-0.25, -0.2) is 0 Å². The Hall–Kier alpha value is -3.32. The largest absolute Gasteiger partial charge is 0.379 e. The fourth-order valence-corrected chi connectivity index (χ4v) is 4.51. The van der Waals surface area contributed by atoms with Crippen molar-refractivity contribution >= 4 is 16.5 Å². The van der Waals surface area contributed by atoms with Gasteiger partial charge in [0.05, 0.1) is 0 Å². The van der Waals surface area contributed by atoms with Gasteiger partial charge in [-0.05, 0) is 70.0 Å². The summed E-state index contributed by atoms with van der Waals surface area (Å²) in [5.41, 5.74) is 6.22. The fraction of sp³-hybridized carbons (Fsp3) is 0.172. The zero-order valence-electron chi connectivity index (χ0n) is 17.4. The number of benzene rings is 4. The molecule has 0 heterocycles. The van der Waals surface area contributed by atoms with Gasteiger partial charge in [-0.2, -0.15) is 0 Å². The molecule has 1 nitrogen and oxygen atoms in total. The molecule has 1 heteroatoms. The van der Waals surface area contributed by atoms with Crippen molar-refractivity contribution in [3.63, 3.8) is 0 Å². The summed E-state index contributed by atoms with van der Waals surface area (Å²) in [7, 11) is 0. The number of hydrogen-bond donors (Lipinski definition) is 1. The minimum Gasteiger partial charge on any atom is -0.379 e. The quantitative estimate of drug-likeness (QED) is 0.349. The predicted molar refractivity (Wildman–Crippen MR) is 130 cm³/mol. The lowest BCUT2D eigenvalue weighted by Crippen LogP contribution is -2.22. The maximum atomic E-state index is 3.66. The first kappa shape index (κ1) is 18.7. The SMILES string of the molecule is CC1CC=CC(Nc2ccc(-c3cccc(-c4cccc5ccccc45)c3)cc2)C1. The van der Waals surface area contributed by atoms with E-state index in [0.717, 1.165) is 5.92 Å². The average molecular weight is 390 g/mol. The van der Waals surface area contributed by atoms with E-state index in [1.165, 1.54) is 51.6 Å². The van der Waals surface area contributed by atoms with Gasteiger partial charge in [0.2, 0.25) is 0 Å². The van der Waals surface area contributed by atoms with Gasteiger partial charge in [-0.15, -0.1) is 0 Å². The highest BCUT2D eigenvalue weighted by molar-refractivity contribution is 5.97. The molecule has 30 heavy (non-hydrogen) atoms. The highest BCUT2D eigenvalue weighted by Gasteiger charge is 2.14. The van der Waals surface area contributed by atoms with Crippen LogP contribution in [0.4, 0.5) is 5.69 Å². The molecule has 4 aromatic rings. The van der Waals surface area contributed by atoms with Crippen LogP contribution in [-0.4, -0.2) is 6.04 Å². The summed E-state index contributed by atoms with van der Waals surface area (Å²) >= 11 is 0. The van der Waals surface area contributed by atoms with Gasteiger partial charge in [0.15, 0.2) is 0 Å². The molecule has 0 radical (unpaired) electrons. The van der Waals surface area contributed by atoms with Crippen LogP contribution in [0.3, 0.4) is 0 Å². The van der Waals surface area contributed by atoms with Crippen molar-refractivity contribution in [2.45, 2.75) is 25.8 Å². The molecular formula is C29H27N. The standard InChI is InChI=1S/C29H27N/c1-21-7-4-12-27(19-21)30-26-17-15-22(16-18-26)24-10-5-11-25(20-24)29-14-6-9-23-8-2-3-13-28(23)29/h2-6,8-18,20-21,27,30H,7,19H2,1H3. The van der Waals surface area contributed by atoms with Crippen molar-refractivity contribution in [2.75, 3.05) is 5.32 Å². The third kappa shape index (κ3) is 3.89. The van der Waals surface area contributed by atoms with E-state index in [4.69, 9.17) is 0 Å². The zero-order chi connectivity index (χ0) is 20.3. The van der Waals surface area contributed by atoms with Gasteiger partial charge in [0.1, 0.15) is 0 Å². The Bertz CT molecular complexity index is 1180. The molecule has 0 bridgehead atoms. The zero-order valence-corrected chi connectivity index (χ0v) is 17.4. The summed E-state index contributed by atoms with van der Waals surface area (Å²) in [5.74, 6) is 0.753. The van der Waals surface area contributed by atoms with Gasteiger partial charge in [0, 0.05) is 11.7 Å². The second-order valence-electron chi connectivity index (χ2n) is 8.44. The van der Waals surface area contributed by atoms with Crippen molar-refractivity contribution in [2.24, 2.45) is 5.92 Å². The van der Waals surface area contributed by atoms with E-state index >= 15 is 0 Å². The summed E-state index contributed by atoms with van der Waals surface area (Å²) in [4.78, 5) is 0. The van der Waals surface area contributed by atoms with E-state index in [2.05, 4.69) is 115 Å². The van der Waals surface area contributed by atoms with E-state index in [-0.39, 0.29) is 0 Å². The van der Waals surface area contributed by atoms with Crippen LogP contribution >= 0.6 is 0 Å². The van der Waals surface area contributed by atoms with E-state index in [1.807, 2.05) is 0 Å². The molecule has 0 saturated carbocycles. The topological polar surface area (TPSA) is 12.0 Å². The Morgan fingerprint density at radius 2 is 1.50 bits per heavy atom. The van der Waals surface area contributed by atoms with Gasteiger partial charge in [0.25, 0.3) is 0 Å². The molecule has 0 aliphatic heterocycles. The Balaban J connectivity index is 1.41. The first-order chi connectivity index (χ1) is 14.8. The molecule has 2 atom stereocenters. The second kappa shape index (κ2) is 8.20. The lowest BCUT2D eigenvalue weighted by Gasteiger charge is -2.23. The lowest BCUT2D eigenvalue weighted by molar-refractivity contribution is 0.501. The Kier molecular flexibility index (Phi) is 5.11. The van der Waals surface area contributed by atoms with Gasteiger partial charge >= 0.3 is 0 Å². The summed E-state index contributed by atoms with van der Waals surface area (Å²) in [6.07, 6.45) is 7.01. The number of anilines is 1. The maximum absolute atomic E-state index is 3.66. The minimum atomic E-state index is 0.439. The predicted octanol–water partition coefficient (Wildman–Crippen LogP) is 7.94. The molecule has 1 aliphatic carbocycles. The van der Waals surface area contributed by atoms with Crippen LogP contribution in [-0.2, 0) is 0 Å². The first-order valence-electron chi connectivity index (χ1n) is 10.9. The molecule has 148 valence electrons. The number of nitrogens with one attached hydrogen (secondary N) is 1. The normalized spacial score (nSPS) is 18.4. The summed E-state index contributed by atoms with van der Waals surface area (Å²) in [6.45, 7) is 2.32. The van der Waals surface area contributed by atoms with Crippen LogP contribution in [0.15, 0.2) is 103 Å². The van der Waals surface area contributed by atoms with Crippen molar-refractivity contribution < 1.29 is 0 Å². The summed E-state index contributed by atoms with van der Waals surface area (Å²) < 4.78 is 0. The maximum Gasteiger partial charge on any atom is 0.0447 e. The number of rotatable bonds is 4. The van der Waals surface area contributed by atoms with Crippen LogP contribution in [0.2, 0.25) is 0 Å². The molecular weight excluding hydrogens is 362 g/mol. The van der Waals surface area contributed by atoms with Crippen LogP contribution < -0.4 is 5.32 Å². The van der Waals surface area contributed by atoms with Crippen LogP contribution in [0, 0.1) is 5.92 Å². The minimum absolute atomic E-state index is 0.439. The highest BCUT2D eigenvalue weighted by Crippen LogP contribution is 2.32. The van der Waals surface area contributed by atoms with Crippen LogP contribution in [0.5, 0.6) is 0 Å². The van der Waals surface area contributed by atoms with Crippen molar-refractivity contribution in [3.05, 3.63) is 103 Å². The molecule has 1 aliphatic rings. The van der Waals surface area contributed by atoms with E-state index in [1.54, 1.807) is 0 Å². The van der Waals surface area contributed by atoms with Crippen molar-refractivity contribution in [3.8, 4) is 22.3 Å². The molecule has 5 rings (SSSR count). The molecule has 0 spiro atoms. The molecule has 2 unspecified atom stereocenters. The van der Waals surface area contributed by atoms with Gasteiger partial charge in [-0.1, -0.05) is 91.9 Å². The first-order valence-corrected chi connectivity index (χ1v) is 10.9. The van der Waals surface area contributed by atoms with E-state index in [9.17, 15) is 0 Å². The Morgan fingerprint density at radius 1 is 0.733 bits per heavy atom. The van der Waals surface area contributed by atoms with E-state index in [0.29, 0.717) is 6.04 Å². The fourth-order valence-electron chi connectivity index (χ4n) is 4.51. The molecule has 0 aromatic heterocycles. The number of hydrogen-bond acceptors (Lipinski definition) is 1. The van der Waals surface area contributed by atoms with Gasteiger partial charge in [-0.3, -0.25) is 0 Å². The Labute approximate surface area is 179 Å². The second-order valence-corrected chi connectivity index (χ2v) is 8.44. The molecule has 0 amide bonds. The smallest absolute Gasteiger partial charge is 0.0447 e. The number of allylic oxidation sites excluding steroid dienone is 1. The number of fused-ring (bicyclic) bond motifs is 1. The highest BCUT2D eigenvalue weighted by atomic mass is 14.9. The molecule has 0 fully saturated rings. The van der Waals surface area contributed by atoms with Crippen molar-refractivity contribution in [1.29, 1.82) is 0 Å². The average Bonchev–Trinajstić information content (AvgIpc) is 2.79. The van der Waals surface area contributed by atoms with Gasteiger partial charge < -0.3 is 5.32 Å². The molecule has 4 aromatic carbocycles. The lowest BCUT2D eigenvalue weighted by atomic mass is 9.92. The molecule has 0 saturated heterocycles. The third-order valence-electron chi connectivity index (χ3n) is 6.10. The Morgan fingerprint density at radius 3 is 2.37 bits per heavy atom. The summed E-state index contributed by atoms with van der Waals surface area (Å²) in [5, 5.41) is 6.24. The van der Waals surface area contributed by atoms with Crippen LogP contribution in [0.1, 0.15) is 19.8 Å².